The van der Waals surface area contributed by atoms with Crippen LogP contribution in [0.25, 0.3) is 11.4 Å². The number of benzene rings is 2. The maximum absolute atomic E-state index is 13.3. The largest absolute Gasteiger partial charge is 0.490 e. The van der Waals surface area contributed by atoms with Gasteiger partial charge in [0.1, 0.15) is 18.9 Å². The van der Waals surface area contributed by atoms with Crippen molar-refractivity contribution in [3.8, 4) is 17.1 Å². The monoisotopic (exact) mass is 391 g/mol. The van der Waals surface area contributed by atoms with Crippen molar-refractivity contribution < 1.29 is 14.1 Å². The SMILES string of the molecule is C=CCOc1cccc(C(=O)N(Cc2nc(-c3ccccc3)no2)C(C)(C)C)c1. The summed E-state index contributed by atoms with van der Waals surface area (Å²) in [6.45, 7) is 10.1. The lowest BCUT2D eigenvalue weighted by atomic mass is 10.0. The zero-order valence-corrected chi connectivity index (χ0v) is 17.0. The molecule has 1 aromatic heterocycles. The van der Waals surface area contributed by atoms with Crippen LogP contribution in [0.2, 0.25) is 0 Å². The van der Waals surface area contributed by atoms with Gasteiger partial charge in [0.15, 0.2) is 0 Å². The highest BCUT2D eigenvalue weighted by Crippen LogP contribution is 2.23. The van der Waals surface area contributed by atoms with Crippen molar-refractivity contribution in [2.75, 3.05) is 6.61 Å². The molecule has 0 aliphatic rings. The highest BCUT2D eigenvalue weighted by atomic mass is 16.5. The lowest BCUT2D eigenvalue weighted by molar-refractivity contribution is 0.0526. The maximum atomic E-state index is 13.3. The predicted molar refractivity (Wildman–Crippen MR) is 111 cm³/mol. The first-order valence-corrected chi connectivity index (χ1v) is 9.42. The van der Waals surface area contributed by atoms with Gasteiger partial charge < -0.3 is 14.2 Å². The average molecular weight is 391 g/mol. The highest BCUT2D eigenvalue weighted by molar-refractivity contribution is 5.95. The number of rotatable bonds is 7. The number of amides is 1. The third kappa shape index (κ3) is 5.10. The smallest absolute Gasteiger partial charge is 0.254 e. The van der Waals surface area contributed by atoms with E-state index in [9.17, 15) is 4.79 Å². The minimum absolute atomic E-state index is 0.138. The molecule has 0 spiro atoms. The maximum Gasteiger partial charge on any atom is 0.254 e. The van der Waals surface area contributed by atoms with Gasteiger partial charge in [0.05, 0.1) is 0 Å². The molecule has 0 N–H and O–H groups in total. The number of aromatic nitrogens is 2. The summed E-state index contributed by atoms with van der Waals surface area (Å²) in [6.07, 6.45) is 1.66. The zero-order valence-electron chi connectivity index (χ0n) is 17.0. The fourth-order valence-electron chi connectivity index (χ4n) is 2.80. The van der Waals surface area contributed by atoms with E-state index in [1.165, 1.54) is 0 Å². The van der Waals surface area contributed by atoms with Crippen LogP contribution in [0.15, 0.2) is 71.8 Å². The highest BCUT2D eigenvalue weighted by Gasteiger charge is 2.29. The van der Waals surface area contributed by atoms with Crippen LogP contribution in [0.5, 0.6) is 5.75 Å². The molecular weight excluding hydrogens is 366 g/mol. The second kappa shape index (κ2) is 8.73. The van der Waals surface area contributed by atoms with Crippen molar-refractivity contribution in [1.29, 1.82) is 0 Å². The average Bonchev–Trinajstić information content (AvgIpc) is 3.19. The molecule has 29 heavy (non-hydrogen) atoms. The summed E-state index contributed by atoms with van der Waals surface area (Å²) in [5, 5.41) is 4.05. The molecule has 0 unspecified atom stereocenters. The number of nitrogens with zero attached hydrogens (tertiary/aromatic N) is 3. The Bertz CT molecular complexity index is 974. The third-order valence-corrected chi connectivity index (χ3v) is 4.30. The molecule has 0 atom stereocenters. The molecule has 0 radical (unpaired) electrons. The first kappa shape index (κ1) is 20.3. The van der Waals surface area contributed by atoms with E-state index in [2.05, 4.69) is 16.7 Å². The molecule has 150 valence electrons. The van der Waals surface area contributed by atoms with Crippen LogP contribution in [0, 0.1) is 0 Å². The fourth-order valence-corrected chi connectivity index (χ4v) is 2.80. The van der Waals surface area contributed by atoms with Crippen molar-refractivity contribution >= 4 is 5.91 Å². The van der Waals surface area contributed by atoms with Crippen LogP contribution >= 0.6 is 0 Å². The Labute approximate surface area is 170 Å². The number of carbonyl (C=O) groups is 1. The number of hydrogen-bond donors (Lipinski definition) is 0. The van der Waals surface area contributed by atoms with E-state index in [4.69, 9.17) is 9.26 Å². The summed E-state index contributed by atoms with van der Waals surface area (Å²) < 4.78 is 11.0. The van der Waals surface area contributed by atoms with Crippen molar-refractivity contribution in [2.45, 2.75) is 32.9 Å². The number of carbonyl (C=O) groups excluding carboxylic acids is 1. The van der Waals surface area contributed by atoms with Crippen LogP contribution in [-0.4, -0.2) is 33.1 Å². The van der Waals surface area contributed by atoms with Crippen molar-refractivity contribution in [2.24, 2.45) is 0 Å². The van der Waals surface area contributed by atoms with Gasteiger partial charge in [-0.3, -0.25) is 4.79 Å². The minimum atomic E-state index is -0.448. The van der Waals surface area contributed by atoms with E-state index in [0.29, 0.717) is 29.6 Å². The van der Waals surface area contributed by atoms with Gasteiger partial charge in [-0.05, 0) is 39.0 Å². The molecule has 1 heterocycles. The quantitative estimate of drug-likeness (QED) is 0.544. The summed E-state index contributed by atoms with van der Waals surface area (Å²) in [6, 6.07) is 16.7. The van der Waals surface area contributed by atoms with Crippen LogP contribution < -0.4 is 4.74 Å². The predicted octanol–water partition coefficient (Wildman–Crippen LogP) is 4.74. The molecule has 3 aromatic rings. The standard InChI is InChI=1S/C23H25N3O3/c1-5-14-28-19-13-9-12-18(15-19)22(27)26(23(2,3)4)16-20-24-21(25-29-20)17-10-7-6-8-11-17/h5-13,15H,1,14,16H2,2-4H3. The Kier molecular flexibility index (Phi) is 6.12. The second-order valence-corrected chi connectivity index (χ2v) is 7.57. The lowest BCUT2D eigenvalue weighted by Gasteiger charge is -2.34. The molecule has 6 nitrogen and oxygen atoms in total. The Morgan fingerprint density at radius 1 is 1.17 bits per heavy atom. The van der Waals surface area contributed by atoms with Gasteiger partial charge >= 0.3 is 0 Å². The van der Waals surface area contributed by atoms with E-state index in [1.807, 2.05) is 57.2 Å². The van der Waals surface area contributed by atoms with Crippen molar-refractivity contribution in [3.05, 3.63) is 78.7 Å². The number of hydrogen-bond acceptors (Lipinski definition) is 5. The van der Waals surface area contributed by atoms with E-state index < -0.39 is 5.54 Å². The lowest BCUT2D eigenvalue weighted by Crippen LogP contribution is -2.45. The van der Waals surface area contributed by atoms with Gasteiger partial charge in [0.25, 0.3) is 5.91 Å². The molecule has 1 amide bonds. The van der Waals surface area contributed by atoms with E-state index in [1.54, 1.807) is 29.2 Å². The van der Waals surface area contributed by atoms with Gasteiger partial charge in [-0.15, -0.1) is 0 Å². The van der Waals surface area contributed by atoms with Gasteiger partial charge in [-0.25, -0.2) is 0 Å². The molecule has 3 rings (SSSR count). The normalized spacial score (nSPS) is 11.1. The molecule has 2 aromatic carbocycles. The minimum Gasteiger partial charge on any atom is -0.490 e. The fraction of sp³-hybridized carbons (Fsp3) is 0.261. The van der Waals surface area contributed by atoms with E-state index in [0.717, 1.165) is 5.56 Å². The van der Waals surface area contributed by atoms with Crippen molar-refractivity contribution in [1.82, 2.24) is 15.0 Å². The molecule has 0 saturated heterocycles. The summed E-state index contributed by atoms with van der Waals surface area (Å²) in [5.41, 5.74) is 0.948. The van der Waals surface area contributed by atoms with Gasteiger partial charge in [-0.2, -0.15) is 4.98 Å². The van der Waals surface area contributed by atoms with Gasteiger partial charge in [0, 0.05) is 16.7 Å². The van der Waals surface area contributed by atoms with Crippen LogP contribution in [0.4, 0.5) is 0 Å². The summed E-state index contributed by atoms with van der Waals surface area (Å²) >= 11 is 0. The molecule has 6 heteroatoms. The topological polar surface area (TPSA) is 68.5 Å². The van der Waals surface area contributed by atoms with E-state index >= 15 is 0 Å². The van der Waals surface area contributed by atoms with Gasteiger partial charge in [-0.1, -0.05) is 54.2 Å². The third-order valence-electron chi connectivity index (χ3n) is 4.30. The molecule has 0 saturated carbocycles. The molecule has 0 aliphatic heterocycles. The van der Waals surface area contributed by atoms with Crippen LogP contribution in [0.1, 0.15) is 37.0 Å². The second-order valence-electron chi connectivity index (χ2n) is 7.57. The molecule has 0 fully saturated rings. The Morgan fingerprint density at radius 2 is 1.93 bits per heavy atom. The first-order chi connectivity index (χ1) is 13.9. The summed E-state index contributed by atoms with van der Waals surface area (Å²) in [4.78, 5) is 19.4. The number of ether oxygens (including phenoxy) is 1. The molecule has 0 aliphatic carbocycles. The van der Waals surface area contributed by atoms with Crippen molar-refractivity contribution in [3.63, 3.8) is 0 Å². The van der Waals surface area contributed by atoms with Crippen LogP contribution in [-0.2, 0) is 6.54 Å². The molecular formula is C23H25N3O3. The first-order valence-electron chi connectivity index (χ1n) is 9.42. The Hall–Kier alpha value is -3.41. The Balaban J connectivity index is 1.83. The molecule has 0 bridgehead atoms. The van der Waals surface area contributed by atoms with Crippen LogP contribution in [0.3, 0.4) is 0 Å². The zero-order chi connectivity index (χ0) is 20.9. The van der Waals surface area contributed by atoms with Gasteiger partial charge in [0.2, 0.25) is 11.7 Å². The van der Waals surface area contributed by atoms with E-state index in [-0.39, 0.29) is 12.5 Å². The Morgan fingerprint density at radius 3 is 2.62 bits per heavy atom. The summed E-state index contributed by atoms with van der Waals surface area (Å²) in [5.74, 6) is 1.36. The summed E-state index contributed by atoms with van der Waals surface area (Å²) in [7, 11) is 0.